The fraction of sp³-hybridized carbons (Fsp3) is 0.400. The first kappa shape index (κ1) is 12.0. The number of halogens is 4. The van der Waals surface area contributed by atoms with Gasteiger partial charge in [0.05, 0.1) is 0 Å². The Morgan fingerprint density at radius 3 is 2.00 bits per heavy atom. The van der Waals surface area contributed by atoms with E-state index in [-0.39, 0.29) is 5.92 Å². The van der Waals surface area contributed by atoms with E-state index in [9.17, 15) is 17.6 Å². The van der Waals surface area contributed by atoms with Crippen molar-refractivity contribution in [3.8, 4) is 0 Å². The smallest absolute Gasteiger partial charge is 0.194 e. The molecule has 0 aliphatic heterocycles. The average molecular weight is 221 g/mol. The van der Waals surface area contributed by atoms with E-state index in [0.717, 1.165) is 0 Å². The van der Waals surface area contributed by atoms with Crippen molar-refractivity contribution >= 4 is 0 Å². The van der Waals surface area contributed by atoms with Crippen molar-refractivity contribution in [3.05, 3.63) is 34.9 Å². The first-order valence-electron chi connectivity index (χ1n) is 4.44. The maximum Gasteiger partial charge on any atom is 0.194 e. The van der Waals surface area contributed by atoms with Crippen LogP contribution in [0.1, 0.15) is 25.5 Å². The lowest BCUT2D eigenvalue weighted by Gasteiger charge is -2.17. The first-order chi connectivity index (χ1) is 6.86. The second-order valence-corrected chi connectivity index (χ2v) is 3.65. The van der Waals surface area contributed by atoms with Gasteiger partial charge in [0.2, 0.25) is 0 Å². The van der Waals surface area contributed by atoms with Crippen molar-refractivity contribution in [2.24, 2.45) is 11.7 Å². The zero-order chi connectivity index (χ0) is 11.7. The molecule has 2 N–H and O–H groups in total. The van der Waals surface area contributed by atoms with E-state index in [4.69, 9.17) is 5.73 Å². The molecule has 1 unspecified atom stereocenters. The predicted octanol–water partition coefficient (Wildman–Crippen LogP) is 2.90. The second kappa shape index (κ2) is 4.18. The highest BCUT2D eigenvalue weighted by atomic mass is 19.2. The Morgan fingerprint density at radius 2 is 1.53 bits per heavy atom. The molecule has 15 heavy (non-hydrogen) atoms. The van der Waals surface area contributed by atoms with Gasteiger partial charge in [-0.15, -0.1) is 0 Å². The van der Waals surface area contributed by atoms with Crippen LogP contribution in [0.5, 0.6) is 0 Å². The molecule has 0 saturated carbocycles. The molecule has 0 aliphatic rings. The van der Waals surface area contributed by atoms with Crippen LogP contribution in [-0.2, 0) is 0 Å². The fourth-order valence-electron chi connectivity index (χ4n) is 1.22. The molecule has 1 nitrogen and oxygen atoms in total. The highest BCUT2D eigenvalue weighted by Crippen LogP contribution is 2.27. The van der Waals surface area contributed by atoms with Crippen LogP contribution in [0.2, 0.25) is 0 Å². The van der Waals surface area contributed by atoms with Gasteiger partial charge in [0, 0.05) is 17.7 Å². The minimum atomic E-state index is -1.69. The van der Waals surface area contributed by atoms with Gasteiger partial charge in [-0.2, -0.15) is 0 Å². The van der Waals surface area contributed by atoms with Crippen LogP contribution in [0, 0.1) is 29.2 Å². The summed E-state index contributed by atoms with van der Waals surface area (Å²) in [5, 5.41) is 0. The monoisotopic (exact) mass is 221 g/mol. The molecule has 0 bridgehead atoms. The molecule has 84 valence electrons. The zero-order valence-electron chi connectivity index (χ0n) is 8.32. The van der Waals surface area contributed by atoms with Crippen LogP contribution in [-0.4, -0.2) is 0 Å². The lowest BCUT2D eigenvalue weighted by molar-refractivity contribution is 0.397. The van der Waals surface area contributed by atoms with E-state index in [1.807, 2.05) is 0 Å². The number of hydrogen-bond donors (Lipinski definition) is 1. The normalized spacial score (nSPS) is 13.3. The molecular formula is C10H11F4N. The van der Waals surface area contributed by atoms with E-state index >= 15 is 0 Å². The van der Waals surface area contributed by atoms with Gasteiger partial charge in [-0.25, -0.2) is 17.6 Å². The number of rotatable bonds is 2. The van der Waals surface area contributed by atoms with E-state index in [1.165, 1.54) is 0 Å². The van der Waals surface area contributed by atoms with Gasteiger partial charge in [-0.1, -0.05) is 13.8 Å². The molecule has 0 aromatic heterocycles. The van der Waals surface area contributed by atoms with Gasteiger partial charge in [-0.05, 0) is 5.92 Å². The van der Waals surface area contributed by atoms with Crippen LogP contribution in [0.3, 0.4) is 0 Å². The third kappa shape index (κ3) is 2.12. The van der Waals surface area contributed by atoms with Crippen molar-refractivity contribution in [1.82, 2.24) is 0 Å². The van der Waals surface area contributed by atoms with Gasteiger partial charge in [0.25, 0.3) is 0 Å². The predicted molar refractivity (Wildman–Crippen MR) is 48.0 cm³/mol. The van der Waals surface area contributed by atoms with Gasteiger partial charge in [0.15, 0.2) is 17.5 Å². The molecule has 0 spiro atoms. The lowest BCUT2D eigenvalue weighted by Crippen LogP contribution is -2.21. The van der Waals surface area contributed by atoms with Gasteiger partial charge in [-0.3, -0.25) is 0 Å². The summed E-state index contributed by atoms with van der Waals surface area (Å²) >= 11 is 0. The largest absolute Gasteiger partial charge is 0.324 e. The Labute approximate surface area is 84.9 Å². The molecule has 0 radical (unpaired) electrons. The Balaban J connectivity index is 3.36. The Kier molecular flexibility index (Phi) is 3.34. The maximum atomic E-state index is 13.2. The Morgan fingerprint density at radius 1 is 1.00 bits per heavy atom. The fourth-order valence-corrected chi connectivity index (χ4v) is 1.22. The second-order valence-electron chi connectivity index (χ2n) is 3.65. The standard InChI is InChI=1S/C10H11F4N/c1-4(2)10(15)7-5(11)3-6(12)8(13)9(7)14/h3-4,10H,15H2,1-2H3. The molecule has 1 rings (SSSR count). The SMILES string of the molecule is CC(C)C(N)c1c(F)cc(F)c(F)c1F. The van der Waals surface area contributed by atoms with Crippen LogP contribution in [0.25, 0.3) is 0 Å². The Bertz CT molecular complexity index is 376. The number of nitrogens with two attached hydrogens (primary N) is 1. The van der Waals surface area contributed by atoms with Crippen molar-refractivity contribution in [3.63, 3.8) is 0 Å². The van der Waals surface area contributed by atoms with Crippen molar-refractivity contribution in [1.29, 1.82) is 0 Å². The quantitative estimate of drug-likeness (QED) is 0.464. The molecule has 0 fully saturated rings. The molecule has 1 aromatic carbocycles. The molecule has 5 heteroatoms. The van der Waals surface area contributed by atoms with Crippen molar-refractivity contribution < 1.29 is 17.6 Å². The molecular weight excluding hydrogens is 210 g/mol. The summed E-state index contributed by atoms with van der Waals surface area (Å²) in [7, 11) is 0. The zero-order valence-corrected chi connectivity index (χ0v) is 8.32. The highest BCUT2D eigenvalue weighted by molar-refractivity contribution is 5.25. The molecule has 0 aliphatic carbocycles. The maximum absolute atomic E-state index is 13.2. The molecule has 0 saturated heterocycles. The molecule has 0 amide bonds. The van der Waals surface area contributed by atoms with Crippen LogP contribution < -0.4 is 5.73 Å². The van der Waals surface area contributed by atoms with Crippen molar-refractivity contribution in [2.75, 3.05) is 0 Å². The topological polar surface area (TPSA) is 26.0 Å². The third-order valence-corrected chi connectivity index (χ3v) is 2.20. The average Bonchev–Trinajstić information content (AvgIpc) is 2.14. The minimum absolute atomic E-state index is 0.279. The van der Waals surface area contributed by atoms with E-state index < -0.39 is 34.9 Å². The third-order valence-electron chi connectivity index (χ3n) is 2.20. The summed E-state index contributed by atoms with van der Waals surface area (Å²) in [5.41, 5.74) is 4.88. The Hall–Kier alpha value is -1.10. The molecule has 0 heterocycles. The van der Waals surface area contributed by atoms with Crippen LogP contribution >= 0.6 is 0 Å². The van der Waals surface area contributed by atoms with E-state index in [1.54, 1.807) is 13.8 Å². The van der Waals surface area contributed by atoms with Gasteiger partial charge < -0.3 is 5.73 Å². The van der Waals surface area contributed by atoms with E-state index in [2.05, 4.69) is 0 Å². The first-order valence-corrected chi connectivity index (χ1v) is 4.44. The molecule has 1 atom stereocenters. The summed E-state index contributed by atoms with van der Waals surface area (Å²) in [6.07, 6.45) is 0. The summed E-state index contributed by atoms with van der Waals surface area (Å²) in [5.74, 6) is -6.23. The minimum Gasteiger partial charge on any atom is -0.324 e. The lowest BCUT2D eigenvalue weighted by atomic mass is 9.96. The van der Waals surface area contributed by atoms with Crippen LogP contribution in [0.15, 0.2) is 6.07 Å². The summed E-state index contributed by atoms with van der Waals surface area (Å²) in [4.78, 5) is 0. The summed E-state index contributed by atoms with van der Waals surface area (Å²) in [6, 6.07) is -0.698. The summed E-state index contributed by atoms with van der Waals surface area (Å²) in [6.45, 7) is 3.26. The van der Waals surface area contributed by atoms with Crippen molar-refractivity contribution in [2.45, 2.75) is 19.9 Å². The van der Waals surface area contributed by atoms with Crippen LogP contribution in [0.4, 0.5) is 17.6 Å². The van der Waals surface area contributed by atoms with Gasteiger partial charge in [0.1, 0.15) is 5.82 Å². The van der Waals surface area contributed by atoms with Gasteiger partial charge >= 0.3 is 0 Å². The number of benzene rings is 1. The summed E-state index contributed by atoms with van der Waals surface area (Å²) < 4.78 is 51.8. The molecule has 1 aromatic rings. The highest BCUT2D eigenvalue weighted by Gasteiger charge is 2.24. The number of hydrogen-bond acceptors (Lipinski definition) is 1. The van der Waals surface area contributed by atoms with E-state index in [0.29, 0.717) is 6.07 Å².